The van der Waals surface area contributed by atoms with Gasteiger partial charge in [-0.2, -0.15) is 0 Å². The minimum absolute atomic E-state index is 0.0518. The molecule has 1 saturated heterocycles. The van der Waals surface area contributed by atoms with E-state index in [9.17, 15) is 14.4 Å². The van der Waals surface area contributed by atoms with E-state index in [1.807, 2.05) is 30.3 Å². The molecule has 1 aromatic carbocycles. The Bertz CT molecular complexity index is 705. The van der Waals surface area contributed by atoms with E-state index in [1.54, 1.807) is 4.90 Å². The first-order valence-corrected chi connectivity index (χ1v) is 10.5. The van der Waals surface area contributed by atoms with Crippen LogP contribution in [0.5, 0.6) is 0 Å². The quantitative estimate of drug-likeness (QED) is 0.729. The van der Waals surface area contributed by atoms with Gasteiger partial charge in [0, 0.05) is 19.5 Å². The number of piperidine rings is 1. The lowest BCUT2D eigenvalue weighted by Crippen LogP contribution is -2.52. The molecular weight excluding hydrogens is 372 g/mol. The Morgan fingerprint density at radius 3 is 2.34 bits per heavy atom. The highest BCUT2D eigenvalue weighted by atomic mass is 16.5. The normalized spacial score (nSPS) is 19.0. The molecule has 7 heteroatoms. The maximum absolute atomic E-state index is 13.0. The highest BCUT2D eigenvalue weighted by Crippen LogP contribution is 2.46. The lowest BCUT2D eigenvalue weighted by atomic mass is 9.77. The van der Waals surface area contributed by atoms with E-state index in [0.717, 1.165) is 18.4 Å². The number of hydrogen-bond donors (Lipinski definition) is 2. The fourth-order valence-corrected chi connectivity index (χ4v) is 4.48. The second-order valence-electron chi connectivity index (χ2n) is 8.22. The summed E-state index contributed by atoms with van der Waals surface area (Å²) in [5, 5.41) is 11.6. The zero-order valence-corrected chi connectivity index (χ0v) is 16.8. The van der Waals surface area contributed by atoms with Crippen molar-refractivity contribution in [3.63, 3.8) is 0 Å². The number of nitrogens with zero attached hydrogens (tertiary/aromatic N) is 1. The molecule has 2 aliphatic rings. The first-order valence-electron chi connectivity index (χ1n) is 10.5. The van der Waals surface area contributed by atoms with Crippen molar-refractivity contribution >= 4 is 18.0 Å². The van der Waals surface area contributed by atoms with Gasteiger partial charge >= 0.3 is 12.1 Å². The molecule has 0 bridgehead atoms. The molecule has 2 N–H and O–H groups in total. The van der Waals surface area contributed by atoms with E-state index >= 15 is 0 Å². The number of carboxylic acid groups (broad SMARTS) is 1. The Morgan fingerprint density at radius 1 is 1.07 bits per heavy atom. The molecule has 2 amide bonds. The van der Waals surface area contributed by atoms with Crippen LogP contribution in [0.4, 0.5) is 4.79 Å². The summed E-state index contributed by atoms with van der Waals surface area (Å²) in [6, 6.07) is 8.37. The van der Waals surface area contributed by atoms with Gasteiger partial charge in [0.15, 0.2) is 0 Å². The summed E-state index contributed by atoms with van der Waals surface area (Å²) < 4.78 is 5.21. The third-order valence-corrected chi connectivity index (χ3v) is 6.25. The number of alkyl carbamates (subject to hydrolysis) is 1. The Labute approximate surface area is 171 Å². The summed E-state index contributed by atoms with van der Waals surface area (Å²) in [5.74, 6) is -1.21. The number of aliphatic carboxylic acids is 1. The number of likely N-dealkylation sites (tertiary alicyclic amines) is 1. The zero-order valence-electron chi connectivity index (χ0n) is 16.8. The molecule has 1 spiro atoms. The zero-order chi connectivity index (χ0) is 20.7. The Kier molecular flexibility index (Phi) is 7.12. The molecule has 3 rings (SSSR count). The van der Waals surface area contributed by atoms with Crippen LogP contribution >= 0.6 is 0 Å². The monoisotopic (exact) mass is 402 g/mol. The van der Waals surface area contributed by atoms with Crippen molar-refractivity contribution in [2.45, 2.75) is 64.0 Å². The van der Waals surface area contributed by atoms with Crippen molar-refractivity contribution in [3.8, 4) is 0 Å². The SMILES string of the molecule is O=C(O)CC[C@@H](NC(=O)OCc1ccccc1)C(=O)N1CCC2(CCCC2)CC1. The van der Waals surface area contributed by atoms with Gasteiger partial charge in [-0.05, 0) is 43.1 Å². The number of nitrogens with one attached hydrogen (secondary N) is 1. The van der Waals surface area contributed by atoms with E-state index < -0.39 is 18.1 Å². The Hall–Kier alpha value is -2.57. The fourth-order valence-electron chi connectivity index (χ4n) is 4.48. The van der Waals surface area contributed by atoms with Gasteiger partial charge in [-0.15, -0.1) is 0 Å². The van der Waals surface area contributed by atoms with Crippen LogP contribution < -0.4 is 5.32 Å². The van der Waals surface area contributed by atoms with Crippen LogP contribution in [0.15, 0.2) is 30.3 Å². The van der Waals surface area contributed by atoms with Crippen LogP contribution in [-0.4, -0.2) is 47.1 Å². The number of hydrogen-bond acceptors (Lipinski definition) is 4. The Morgan fingerprint density at radius 2 is 1.72 bits per heavy atom. The average Bonchev–Trinajstić information content (AvgIpc) is 3.18. The van der Waals surface area contributed by atoms with Crippen LogP contribution in [0.1, 0.15) is 56.9 Å². The maximum atomic E-state index is 13.0. The molecule has 2 fully saturated rings. The summed E-state index contributed by atoms with van der Waals surface area (Å²) in [6.07, 6.45) is 6.15. The standard InChI is InChI=1S/C22H30N2O5/c25-19(26)9-8-18(23-21(28)29-16-17-6-2-1-3-7-17)20(27)24-14-12-22(13-15-24)10-4-5-11-22/h1-3,6-7,18H,4-5,8-16H2,(H,23,28)(H,25,26)/t18-/m1/s1. The second kappa shape index (κ2) is 9.76. The summed E-state index contributed by atoms with van der Waals surface area (Å²) in [7, 11) is 0. The van der Waals surface area contributed by atoms with Gasteiger partial charge in [-0.3, -0.25) is 9.59 Å². The first-order chi connectivity index (χ1) is 14.0. The predicted molar refractivity (Wildman–Crippen MR) is 107 cm³/mol. The van der Waals surface area contributed by atoms with Gasteiger partial charge in [0.25, 0.3) is 0 Å². The minimum atomic E-state index is -0.995. The van der Waals surface area contributed by atoms with Gasteiger partial charge in [0.05, 0.1) is 0 Å². The molecule has 0 unspecified atom stereocenters. The number of ether oxygens (including phenoxy) is 1. The van der Waals surface area contributed by atoms with Crippen LogP contribution in [0.3, 0.4) is 0 Å². The second-order valence-corrected chi connectivity index (χ2v) is 8.22. The molecule has 158 valence electrons. The van der Waals surface area contributed by atoms with Crippen molar-refractivity contribution in [3.05, 3.63) is 35.9 Å². The Balaban J connectivity index is 1.54. The minimum Gasteiger partial charge on any atom is -0.481 e. The van der Waals surface area contributed by atoms with Crippen LogP contribution in [0.25, 0.3) is 0 Å². The van der Waals surface area contributed by atoms with Crippen LogP contribution in [0, 0.1) is 5.41 Å². The fraction of sp³-hybridized carbons (Fsp3) is 0.591. The van der Waals surface area contributed by atoms with E-state index in [0.29, 0.717) is 18.5 Å². The number of amides is 2. The molecule has 1 aliphatic heterocycles. The van der Waals surface area contributed by atoms with Crippen molar-refractivity contribution in [2.24, 2.45) is 5.41 Å². The smallest absolute Gasteiger partial charge is 0.408 e. The number of rotatable bonds is 7. The highest BCUT2D eigenvalue weighted by Gasteiger charge is 2.39. The van der Waals surface area contributed by atoms with Gasteiger partial charge in [0.1, 0.15) is 12.6 Å². The molecule has 1 aromatic rings. The molecule has 1 heterocycles. The van der Waals surface area contributed by atoms with Crippen LogP contribution in [0.2, 0.25) is 0 Å². The molecular formula is C22H30N2O5. The van der Waals surface area contributed by atoms with E-state index in [4.69, 9.17) is 9.84 Å². The third-order valence-electron chi connectivity index (χ3n) is 6.25. The largest absolute Gasteiger partial charge is 0.481 e. The first kappa shape index (κ1) is 21.1. The van der Waals surface area contributed by atoms with E-state index in [2.05, 4.69) is 5.32 Å². The van der Waals surface area contributed by atoms with Gasteiger partial charge in [-0.1, -0.05) is 43.2 Å². The van der Waals surface area contributed by atoms with Crippen molar-refractivity contribution in [2.75, 3.05) is 13.1 Å². The van der Waals surface area contributed by atoms with Crippen LogP contribution in [-0.2, 0) is 20.9 Å². The number of benzene rings is 1. The van der Waals surface area contributed by atoms with E-state index in [1.165, 1.54) is 25.7 Å². The third kappa shape index (κ3) is 5.95. The molecule has 0 aromatic heterocycles. The average molecular weight is 402 g/mol. The predicted octanol–water partition coefficient (Wildman–Crippen LogP) is 3.33. The summed E-state index contributed by atoms with van der Waals surface area (Å²) in [4.78, 5) is 38.0. The lowest BCUT2D eigenvalue weighted by molar-refractivity contribution is -0.138. The highest BCUT2D eigenvalue weighted by molar-refractivity contribution is 5.86. The summed E-state index contributed by atoms with van der Waals surface area (Å²) in [5.41, 5.74) is 1.23. The molecule has 29 heavy (non-hydrogen) atoms. The van der Waals surface area contributed by atoms with E-state index in [-0.39, 0.29) is 25.4 Å². The van der Waals surface area contributed by atoms with Crippen molar-refractivity contribution < 1.29 is 24.2 Å². The number of carbonyl (C=O) groups is 3. The molecule has 0 radical (unpaired) electrons. The van der Waals surface area contributed by atoms with Gasteiger partial charge < -0.3 is 20.1 Å². The molecule has 7 nitrogen and oxygen atoms in total. The summed E-state index contributed by atoms with van der Waals surface area (Å²) >= 11 is 0. The molecule has 1 saturated carbocycles. The molecule has 1 aliphatic carbocycles. The maximum Gasteiger partial charge on any atom is 0.408 e. The lowest BCUT2D eigenvalue weighted by Gasteiger charge is -2.40. The van der Waals surface area contributed by atoms with Gasteiger partial charge in [-0.25, -0.2) is 4.79 Å². The van der Waals surface area contributed by atoms with Gasteiger partial charge in [0.2, 0.25) is 5.91 Å². The molecule has 1 atom stereocenters. The topological polar surface area (TPSA) is 95.9 Å². The van der Waals surface area contributed by atoms with Crippen molar-refractivity contribution in [1.29, 1.82) is 0 Å². The number of carboxylic acids is 1. The van der Waals surface area contributed by atoms with Crippen molar-refractivity contribution in [1.82, 2.24) is 10.2 Å². The number of carbonyl (C=O) groups excluding carboxylic acids is 2. The summed E-state index contributed by atoms with van der Waals surface area (Å²) in [6.45, 7) is 1.44.